The summed E-state index contributed by atoms with van der Waals surface area (Å²) in [6.07, 6.45) is 3.14. The number of carbonyl (C=O) groups excluding carboxylic acids is 3. The SMILES string of the molecule is CC1CCC2(CC1)NC(=O)N(CC(=O)NCC(C)c1ccccc1)C2=O. The second-order valence-corrected chi connectivity index (χ2v) is 7.70. The fraction of sp³-hybridized carbons (Fsp3) is 0.550. The van der Waals surface area contributed by atoms with E-state index in [4.69, 9.17) is 0 Å². The van der Waals surface area contributed by atoms with Crippen LogP contribution in [-0.2, 0) is 9.59 Å². The van der Waals surface area contributed by atoms with Crippen LogP contribution in [0.5, 0.6) is 0 Å². The number of amides is 4. The first-order valence-corrected chi connectivity index (χ1v) is 9.37. The molecule has 6 heteroatoms. The second-order valence-electron chi connectivity index (χ2n) is 7.70. The van der Waals surface area contributed by atoms with Crippen LogP contribution in [0.15, 0.2) is 30.3 Å². The van der Waals surface area contributed by atoms with Crippen molar-refractivity contribution in [3.05, 3.63) is 35.9 Å². The second kappa shape index (κ2) is 7.48. The maximum atomic E-state index is 12.8. The summed E-state index contributed by atoms with van der Waals surface area (Å²) < 4.78 is 0. The van der Waals surface area contributed by atoms with Crippen molar-refractivity contribution in [1.82, 2.24) is 15.5 Å². The zero-order chi connectivity index (χ0) is 18.7. The molecule has 1 atom stereocenters. The predicted octanol–water partition coefficient (Wildman–Crippen LogP) is 2.41. The fourth-order valence-corrected chi connectivity index (χ4v) is 3.78. The first-order valence-electron chi connectivity index (χ1n) is 9.37. The van der Waals surface area contributed by atoms with Gasteiger partial charge >= 0.3 is 6.03 Å². The highest BCUT2D eigenvalue weighted by Gasteiger charge is 2.52. The van der Waals surface area contributed by atoms with E-state index in [2.05, 4.69) is 17.6 Å². The Hall–Kier alpha value is -2.37. The highest BCUT2D eigenvalue weighted by Crippen LogP contribution is 2.36. The van der Waals surface area contributed by atoms with E-state index in [9.17, 15) is 14.4 Å². The van der Waals surface area contributed by atoms with Crippen LogP contribution in [0.25, 0.3) is 0 Å². The van der Waals surface area contributed by atoms with E-state index in [1.54, 1.807) is 0 Å². The van der Waals surface area contributed by atoms with Gasteiger partial charge in [-0.25, -0.2) is 4.79 Å². The number of nitrogens with zero attached hydrogens (tertiary/aromatic N) is 1. The van der Waals surface area contributed by atoms with Crippen molar-refractivity contribution in [3.63, 3.8) is 0 Å². The summed E-state index contributed by atoms with van der Waals surface area (Å²) in [6, 6.07) is 9.46. The Kier molecular flexibility index (Phi) is 5.30. The van der Waals surface area contributed by atoms with Crippen molar-refractivity contribution in [3.8, 4) is 0 Å². The number of urea groups is 1. The first-order chi connectivity index (χ1) is 12.4. The first kappa shape index (κ1) is 18.4. The highest BCUT2D eigenvalue weighted by atomic mass is 16.2. The van der Waals surface area contributed by atoms with Gasteiger partial charge in [-0.05, 0) is 43.1 Å². The number of hydrogen-bond donors (Lipinski definition) is 2. The van der Waals surface area contributed by atoms with Crippen LogP contribution < -0.4 is 10.6 Å². The van der Waals surface area contributed by atoms with Gasteiger partial charge in [-0.15, -0.1) is 0 Å². The lowest BCUT2D eigenvalue weighted by Crippen LogP contribution is -2.50. The smallest absolute Gasteiger partial charge is 0.325 e. The maximum absolute atomic E-state index is 12.8. The van der Waals surface area contributed by atoms with E-state index in [0.717, 1.165) is 23.3 Å². The van der Waals surface area contributed by atoms with Gasteiger partial charge in [0.25, 0.3) is 5.91 Å². The number of imide groups is 1. The molecule has 1 aromatic rings. The monoisotopic (exact) mass is 357 g/mol. The lowest BCUT2D eigenvalue weighted by molar-refractivity contribution is -0.136. The van der Waals surface area contributed by atoms with Crippen molar-refractivity contribution < 1.29 is 14.4 Å². The molecule has 2 fully saturated rings. The summed E-state index contributed by atoms with van der Waals surface area (Å²) in [7, 11) is 0. The molecule has 3 rings (SSSR count). The summed E-state index contributed by atoms with van der Waals surface area (Å²) in [6.45, 7) is 4.44. The normalized spacial score (nSPS) is 26.7. The molecule has 1 saturated heterocycles. The minimum Gasteiger partial charge on any atom is -0.354 e. The lowest BCUT2D eigenvalue weighted by atomic mass is 9.77. The third-order valence-corrected chi connectivity index (χ3v) is 5.65. The summed E-state index contributed by atoms with van der Waals surface area (Å²) in [4.78, 5) is 38.3. The molecule has 1 heterocycles. The van der Waals surface area contributed by atoms with Crippen LogP contribution in [-0.4, -0.2) is 41.4 Å². The van der Waals surface area contributed by atoms with E-state index in [0.29, 0.717) is 25.3 Å². The largest absolute Gasteiger partial charge is 0.354 e. The van der Waals surface area contributed by atoms with Crippen LogP contribution in [0.4, 0.5) is 4.79 Å². The van der Waals surface area contributed by atoms with Crippen LogP contribution >= 0.6 is 0 Å². The molecule has 1 aromatic carbocycles. The number of carbonyl (C=O) groups is 3. The number of hydrogen-bond acceptors (Lipinski definition) is 3. The molecule has 1 unspecified atom stereocenters. The topological polar surface area (TPSA) is 78.5 Å². The van der Waals surface area contributed by atoms with Gasteiger partial charge in [0.05, 0.1) is 0 Å². The van der Waals surface area contributed by atoms with Crippen LogP contribution in [0.2, 0.25) is 0 Å². The van der Waals surface area contributed by atoms with Gasteiger partial charge in [0.15, 0.2) is 0 Å². The molecule has 26 heavy (non-hydrogen) atoms. The third-order valence-electron chi connectivity index (χ3n) is 5.65. The van der Waals surface area contributed by atoms with Gasteiger partial charge in [0, 0.05) is 6.54 Å². The quantitative estimate of drug-likeness (QED) is 0.795. The minimum atomic E-state index is -0.790. The number of benzene rings is 1. The van der Waals surface area contributed by atoms with Gasteiger partial charge in [-0.1, -0.05) is 44.2 Å². The van der Waals surface area contributed by atoms with E-state index >= 15 is 0 Å². The zero-order valence-corrected chi connectivity index (χ0v) is 15.5. The Morgan fingerprint density at radius 1 is 1.27 bits per heavy atom. The maximum Gasteiger partial charge on any atom is 0.325 e. The van der Waals surface area contributed by atoms with Gasteiger partial charge in [-0.3, -0.25) is 14.5 Å². The molecule has 0 radical (unpaired) electrons. The van der Waals surface area contributed by atoms with Crippen molar-refractivity contribution >= 4 is 17.8 Å². The molecule has 0 bridgehead atoms. The fourth-order valence-electron chi connectivity index (χ4n) is 3.78. The van der Waals surface area contributed by atoms with Crippen LogP contribution in [0.1, 0.15) is 51.0 Å². The van der Waals surface area contributed by atoms with Crippen LogP contribution in [0, 0.1) is 5.92 Å². The Labute approximate surface area is 154 Å². The van der Waals surface area contributed by atoms with Crippen molar-refractivity contribution in [2.75, 3.05) is 13.1 Å². The number of nitrogens with one attached hydrogen (secondary N) is 2. The predicted molar refractivity (Wildman–Crippen MR) is 98.5 cm³/mol. The van der Waals surface area contributed by atoms with Gasteiger partial charge in [0.2, 0.25) is 5.91 Å². The molecule has 140 valence electrons. The minimum absolute atomic E-state index is 0.162. The molecule has 2 aliphatic rings. The van der Waals surface area contributed by atoms with Crippen molar-refractivity contribution in [2.45, 2.75) is 51.0 Å². The third kappa shape index (κ3) is 3.74. The molecule has 2 N–H and O–H groups in total. The molecule has 1 aliphatic carbocycles. The zero-order valence-electron chi connectivity index (χ0n) is 15.5. The van der Waals surface area contributed by atoms with Crippen molar-refractivity contribution in [1.29, 1.82) is 0 Å². The standard InChI is InChI=1S/C20H27N3O3/c1-14-8-10-20(11-9-14)18(25)23(19(26)22-20)13-17(24)21-12-15(2)16-6-4-3-5-7-16/h3-7,14-15H,8-13H2,1-2H3,(H,21,24)(H,22,26). The molecule has 6 nitrogen and oxygen atoms in total. The summed E-state index contributed by atoms with van der Waals surface area (Å²) >= 11 is 0. The Balaban J connectivity index is 1.54. The molecule has 1 aliphatic heterocycles. The van der Waals surface area contributed by atoms with Gasteiger partial charge in [0.1, 0.15) is 12.1 Å². The molecule has 1 spiro atoms. The highest BCUT2D eigenvalue weighted by molar-refractivity contribution is 6.09. The molecule has 0 aromatic heterocycles. The van der Waals surface area contributed by atoms with Crippen molar-refractivity contribution in [2.24, 2.45) is 5.92 Å². The van der Waals surface area contributed by atoms with E-state index < -0.39 is 11.6 Å². The molecular formula is C20H27N3O3. The van der Waals surface area contributed by atoms with E-state index in [1.165, 1.54) is 0 Å². The number of rotatable bonds is 5. The molecule has 4 amide bonds. The molecular weight excluding hydrogens is 330 g/mol. The van der Waals surface area contributed by atoms with E-state index in [-0.39, 0.29) is 24.3 Å². The molecule has 1 saturated carbocycles. The Bertz CT molecular complexity index is 681. The average molecular weight is 357 g/mol. The van der Waals surface area contributed by atoms with Gasteiger partial charge < -0.3 is 10.6 Å². The Morgan fingerprint density at radius 3 is 2.58 bits per heavy atom. The summed E-state index contributed by atoms with van der Waals surface area (Å²) in [5.74, 6) is 0.176. The average Bonchev–Trinajstić information content (AvgIpc) is 2.87. The lowest BCUT2D eigenvalue weighted by Gasteiger charge is -2.33. The summed E-state index contributed by atoms with van der Waals surface area (Å²) in [5.41, 5.74) is 0.347. The summed E-state index contributed by atoms with van der Waals surface area (Å²) in [5, 5.41) is 5.68. The Morgan fingerprint density at radius 2 is 1.92 bits per heavy atom. The van der Waals surface area contributed by atoms with E-state index in [1.807, 2.05) is 37.3 Å². The van der Waals surface area contributed by atoms with Crippen LogP contribution in [0.3, 0.4) is 0 Å². The van der Waals surface area contributed by atoms with Gasteiger partial charge in [-0.2, -0.15) is 0 Å².